The van der Waals surface area contributed by atoms with Crippen LogP contribution in [0.3, 0.4) is 0 Å². The van der Waals surface area contributed by atoms with Crippen LogP contribution in [-0.4, -0.2) is 19.2 Å². The van der Waals surface area contributed by atoms with E-state index >= 15 is 0 Å². The minimum atomic E-state index is -2.26. The maximum absolute atomic E-state index is 10.4. The maximum atomic E-state index is 10.4. The van der Waals surface area contributed by atoms with Crippen LogP contribution in [0.4, 0.5) is 0 Å². The first-order valence-electron chi connectivity index (χ1n) is 2.90. The highest BCUT2D eigenvalue weighted by molar-refractivity contribution is 8.09. The fourth-order valence-electron chi connectivity index (χ4n) is 0.494. The Labute approximate surface area is 65.9 Å². The van der Waals surface area contributed by atoms with Gasteiger partial charge in [-0.25, -0.2) is 0 Å². The number of rotatable bonds is 3. The SMILES string of the molecule is CCOP(C)(=S)OC(C)=O. The van der Waals surface area contributed by atoms with Crippen molar-refractivity contribution in [2.45, 2.75) is 13.8 Å². The second kappa shape index (κ2) is 4.06. The van der Waals surface area contributed by atoms with Crippen molar-refractivity contribution in [2.75, 3.05) is 13.3 Å². The van der Waals surface area contributed by atoms with Crippen molar-refractivity contribution in [3.63, 3.8) is 0 Å². The molecule has 0 aromatic rings. The molecule has 0 aliphatic heterocycles. The van der Waals surface area contributed by atoms with E-state index in [1.54, 1.807) is 6.66 Å². The van der Waals surface area contributed by atoms with Crippen LogP contribution in [0.5, 0.6) is 0 Å². The lowest BCUT2D eigenvalue weighted by atomic mass is 10.9. The minimum Gasteiger partial charge on any atom is -0.413 e. The van der Waals surface area contributed by atoms with E-state index in [-0.39, 0.29) is 5.97 Å². The van der Waals surface area contributed by atoms with Crippen LogP contribution in [0.25, 0.3) is 0 Å². The van der Waals surface area contributed by atoms with E-state index in [1.165, 1.54) is 6.92 Å². The molecule has 3 nitrogen and oxygen atoms in total. The second-order valence-corrected chi connectivity index (χ2v) is 5.75. The van der Waals surface area contributed by atoms with Gasteiger partial charge in [0.15, 0.2) is 0 Å². The van der Waals surface area contributed by atoms with Crippen molar-refractivity contribution in [3.05, 3.63) is 0 Å². The van der Waals surface area contributed by atoms with Crippen LogP contribution in [0.15, 0.2) is 0 Å². The van der Waals surface area contributed by atoms with Crippen molar-refractivity contribution in [3.8, 4) is 0 Å². The summed E-state index contributed by atoms with van der Waals surface area (Å²) < 4.78 is 9.77. The van der Waals surface area contributed by atoms with Crippen molar-refractivity contribution in [1.82, 2.24) is 0 Å². The Hall–Kier alpha value is 0.0800. The molecule has 0 amide bonds. The Morgan fingerprint density at radius 1 is 1.70 bits per heavy atom. The van der Waals surface area contributed by atoms with E-state index in [0.717, 1.165) is 0 Å². The molecule has 0 aromatic carbocycles. The molecule has 0 aliphatic carbocycles. The standard InChI is InChI=1S/C5H11O3PS/c1-4-7-9(3,10)8-5(2)6/h4H2,1-3H3. The Morgan fingerprint density at radius 3 is 2.50 bits per heavy atom. The number of hydrogen-bond acceptors (Lipinski definition) is 4. The molecule has 0 fully saturated rings. The van der Waals surface area contributed by atoms with Crippen LogP contribution in [0.1, 0.15) is 13.8 Å². The summed E-state index contributed by atoms with van der Waals surface area (Å²) in [6.45, 7) is 2.99. The van der Waals surface area contributed by atoms with Crippen LogP contribution in [-0.2, 0) is 25.6 Å². The van der Waals surface area contributed by atoms with Gasteiger partial charge in [-0.3, -0.25) is 4.79 Å². The third-order valence-corrected chi connectivity index (χ3v) is 2.51. The fraction of sp³-hybridized carbons (Fsp3) is 0.800. The van der Waals surface area contributed by atoms with Crippen LogP contribution < -0.4 is 0 Å². The summed E-state index contributed by atoms with van der Waals surface area (Å²) >= 11 is 4.86. The topological polar surface area (TPSA) is 35.5 Å². The highest BCUT2D eigenvalue weighted by Gasteiger charge is 2.12. The summed E-state index contributed by atoms with van der Waals surface area (Å²) in [6.07, 6.45) is 0. The van der Waals surface area contributed by atoms with Crippen molar-refractivity contribution in [1.29, 1.82) is 0 Å². The predicted molar refractivity (Wildman–Crippen MR) is 43.6 cm³/mol. The molecule has 0 saturated heterocycles. The van der Waals surface area contributed by atoms with E-state index in [4.69, 9.17) is 20.9 Å². The molecule has 60 valence electrons. The molecular formula is C5H11O3PS. The van der Waals surface area contributed by atoms with Gasteiger partial charge in [0.2, 0.25) is 6.49 Å². The third kappa shape index (κ3) is 4.91. The summed E-state index contributed by atoms with van der Waals surface area (Å²) in [5.74, 6) is -0.376. The average Bonchev–Trinajstić information content (AvgIpc) is 1.59. The molecule has 0 radical (unpaired) electrons. The molecule has 0 N–H and O–H groups in total. The van der Waals surface area contributed by atoms with Gasteiger partial charge < -0.3 is 9.05 Å². The van der Waals surface area contributed by atoms with Gasteiger partial charge in [-0.15, -0.1) is 0 Å². The lowest BCUT2D eigenvalue weighted by Crippen LogP contribution is -1.98. The summed E-state index contributed by atoms with van der Waals surface area (Å²) in [5.41, 5.74) is 0. The lowest BCUT2D eigenvalue weighted by Gasteiger charge is -2.14. The molecule has 1 unspecified atom stereocenters. The number of carbonyl (C=O) groups is 1. The first-order valence-corrected chi connectivity index (χ1v) is 5.98. The molecule has 0 rings (SSSR count). The van der Waals surface area contributed by atoms with Gasteiger partial charge in [0.25, 0.3) is 0 Å². The summed E-state index contributed by atoms with van der Waals surface area (Å²) in [7, 11) is 0. The zero-order valence-corrected chi connectivity index (χ0v) is 8.00. The largest absolute Gasteiger partial charge is 0.413 e. The van der Waals surface area contributed by atoms with Gasteiger partial charge in [0.05, 0.1) is 6.61 Å². The lowest BCUT2D eigenvalue weighted by molar-refractivity contribution is -0.131. The number of carbonyl (C=O) groups excluding carboxylic acids is 1. The molecule has 0 saturated carbocycles. The minimum absolute atomic E-state index is 0.376. The Bertz CT molecular complexity index is 168. The molecule has 0 heterocycles. The molecule has 1 atom stereocenters. The summed E-state index contributed by atoms with van der Waals surface area (Å²) in [5, 5.41) is 0. The zero-order chi connectivity index (χ0) is 8.20. The van der Waals surface area contributed by atoms with E-state index in [9.17, 15) is 4.79 Å². The van der Waals surface area contributed by atoms with Crippen LogP contribution in [0.2, 0.25) is 0 Å². The van der Waals surface area contributed by atoms with E-state index in [1.807, 2.05) is 6.92 Å². The first-order chi connectivity index (χ1) is 4.48. The Kier molecular flexibility index (Phi) is 4.09. The van der Waals surface area contributed by atoms with Crippen LogP contribution in [0, 0.1) is 0 Å². The van der Waals surface area contributed by atoms with E-state index < -0.39 is 6.49 Å². The van der Waals surface area contributed by atoms with E-state index in [0.29, 0.717) is 6.61 Å². The molecule has 0 spiro atoms. The maximum Gasteiger partial charge on any atom is 0.307 e. The Morgan fingerprint density at radius 2 is 2.20 bits per heavy atom. The van der Waals surface area contributed by atoms with Crippen molar-refractivity contribution >= 4 is 24.3 Å². The van der Waals surface area contributed by atoms with Gasteiger partial charge in [0.1, 0.15) is 0 Å². The molecule has 10 heavy (non-hydrogen) atoms. The highest BCUT2D eigenvalue weighted by atomic mass is 32.5. The molecule has 0 bridgehead atoms. The van der Waals surface area contributed by atoms with Crippen molar-refractivity contribution < 1.29 is 13.8 Å². The van der Waals surface area contributed by atoms with Gasteiger partial charge in [-0.05, 0) is 18.7 Å². The van der Waals surface area contributed by atoms with Gasteiger partial charge in [-0.1, -0.05) is 0 Å². The smallest absolute Gasteiger partial charge is 0.307 e. The average molecular weight is 182 g/mol. The summed E-state index contributed by atoms with van der Waals surface area (Å²) in [6, 6.07) is 0. The third-order valence-electron chi connectivity index (χ3n) is 0.658. The molecule has 5 heteroatoms. The van der Waals surface area contributed by atoms with E-state index in [2.05, 4.69) is 0 Å². The van der Waals surface area contributed by atoms with Gasteiger partial charge in [0, 0.05) is 13.6 Å². The molecule has 0 aromatic heterocycles. The first kappa shape index (κ1) is 10.1. The summed E-state index contributed by atoms with van der Waals surface area (Å²) in [4.78, 5) is 10.4. The van der Waals surface area contributed by atoms with Crippen LogP contribution >= 0.6 is 6.49 Å². The zero-order valence-electron chi connectivity index (χ0n) is 6.29. The van der Waals surface area contributed by atoms with Crippen molar-refractivity contribution in [2.24, 2.45) is 0 Å². The highest BCUT2D eigenvalue weighted by Crippen LogP contribution is 2.43. The van der Waals surface area contributed by atoms with Gasteiger partial charge in [-0.2, -0.15) is 0 Å². The second-order valence-electron chi connectivity index (χ2n) is 1.77. The molecule has 0 aliphatic rings. The number of hydrogen-bond donors (Lipinski definition) is 0. The molecular weight excluding hydrogens is 171 g/mol. The normalized spacial score (nSPS) is 15.9. The monoisotopic (exact) mass is 182 g/mol. The fourth-order valence-corrected chi connectivity index (χ4v) is 2.11. The Balaban J connectivity index is 3.87. The quantitative estimate of drug-likeness (QED) is 0.620. The van der Waals surface area contributed by atoms with Gasteiger partial charge >= 0.3 is 5.97 Å². The predicted octanol–water partition coefficient (Wildman–Crippen LogP) is 1.53.